The van der Waals surface area contributed by atoms with Gasteiger partial charge < -0.3 is 9.64 Å². The van der Waals surface area contributed by atoms with E-state index in [0.29, 0.717) is 12.5 Å². The molecule has 2 atom stereocenters. The van der Waals surface area contributed by atoms with Crippen molar-refractivity contribution in [1.29, 1.82) is 0 Å². The maximum absolute atomic E-state index is 5.38. The monoisotopic (exact) mass is 328 g/mol. The molecule has 0 amide bonds. The first-order valence-electron chi connectivity index (χ1n) is 9.38. The van der Waals surface area contributed by atoms with Crippen LogP contribution in [-0.2, 0) is 4.74 Å². The molecule has 0 spiro atoms. The predicted molar refractivity (Wildman–Crippen MR) is 102 cm³/mol. The average Bonchev–Trinajstić information content (AvgIpc) is 2.58. The number of unbranched alkanes of at least 4 members (excludes halogenated alkanes) is 2. The fourth-order valence-electron chi connectivity index (χ4n) is 3.12. The summed E-state index contributed by atoms with van der Waals surface area (Å²) in [4.78, 5) is 7.45. The van der Waals surface area contributed by atoms with Gasteiger partial charge >= 0.3 is 0 Å². The van der Waals surface area contributed by atoms with Crippen molar-refractivity contribution in [1.82, 2.24) is 4.90 Å². The van der Waals surface area contributed by atoms with Crippen molar-refractivity contribution in [2.24, 2.45) is 10.9 Å². The van der Waals surface area contributed by atoms with Crippen LogP contribution in [0.15, 0.2) is 28.9 Å². The lowest BCUT2D eigenvalue weighted by Crippen LogP contribution is -2.42. The number of amidine groups is 1. The van der Waals surface area contributed by atoms with Crippen molar-refractivity contribution in [2.75, 3.05) is 13.7 Å². The quantitative estimate of drug-likeness (QED) is 0.527. The van der Waals surface area contributed by atoms with Crippen LogP contribution in [0.3, 0.4) is 0 Å². The molecule has 0 radical (unpaired) electrons. The number of piperidine rings is 1. The number of aliphatic imine (C=N–C) groups is 1. The van der Waals surface area contributed by atoms with E-state index in [1.807, 2.05) is 0 Å². The molecule has 2 aliphatic rings. The molecule has 2 heterocycles. The second-order valence-corrected chi connectivity index (χ2v) is 6.95. The number of methoxy groups -OCH3 is 1. The van der Waals surface area contributed by atoms with E-state index in [2.05, 4.69) is 55.7 Å². The molecule has 24 heavy (non-hydrogen) atoms. The third-order valence-corrected chi connectivity index (χ3v) is 4.61. The summed E-state index contributed by atoms with van der Waals surface area (Å²) in [7, 11) is 1.76. The molecule has 3 heteroatoms. The van der Waals surface area contributed by atoms with Gasteiger partial charge in [-0.2, -0.15) is 0 Å². The Labute approximate surface area is 147 Å². The maximum Gasteiger partial charge on any atom is 0.115 e. The molecule has 2 aliphatic heterocycles. The Hall–Kier alpha value is -1.53. The van der Waals surface area contributed by atoms with Crippen molar-refractivity contribution in [3.05, 3.63) is 23.9 Å². The van der Waals surface area contributed by atoms with E-state index in [1.165, 1.54) is 30.8 Å². The molecule has 132 valence electrons. The Morgan fingerprint density at radius 2 is 2.21 bits per heavy atom. The summed E-state index contributed by atoms with van der Waals surface area (Å²) in [6, 6.07) is 0.347. The summed E-state index contributed by atoms with van der Waals surface area (Å²) < 4.78 is 5.38. The molecule has 0 bridgehead atoms. The molecule has 3 nitrogen and oxygen atoms in total. The predicted octanol–water partition coefficient (Wildman–Crippen LogP) is 4.56. The first-order chi connectivity index (χ1) is 11.7. The second-order valence-electron chi connectivity index (χ2n) is 6.95. The van der Waals surface area contributed by atoms with E-state index in [1.54, 1.807) is 7.11 Å². The van der Waals surface area contributed by atoms with E-state index < -0.39 is 0 Å². The van der Waals surface area contributed by atoms with E-state index in [0.717, 1.165) is 19.3 Å². The molecule has 0 aliphatic carbocycles. The van der Waals surface area contributed by atoms with Gasteiger partial charge in [-0.05, 0) is 37.3 Å². The lowest BCUT2D eigenvalue weighted by atomic mass is 9.98. The molecule has 0 N–H and O–H groups in total. The number of rotatable bonds is 6. The summed E-state index contributed by atoms with van der Waals surface area (Å²) in [5, 5.41) is 0. The van der Waals surface area contributed by atoms with Crippen molar-refractivity contribution in [2.45, 2.75) is 71.4 Å². The van der Waals surface area contributed by atoms with Gasteiger partial charge in [0.2, 0.25) is 0 Å². The van der Waals surface area contributed by atoms with Gasteiger partial charge in [-0.1, -0.05) is 39.2 Å². The first kappa shape index (κ1) is 18.8. The third-order valence-electron chi connectivity index (χ3n) is 4.61. The Balaban J connectivity index is 2.22. The number of fused-ring (bicyclic) bond motifs is 1. The standard InChI is InChI=1S/C21H32N2O/c1-5-6-7-8-11-18-12-9-13-19-14-10-15-21(23(18)19)22-20(16-24-4)17(2)3/h9,12-13,17-18,20H,5-7,10,14-16H2,1-4H3/t18-,20-/m1/s1. The minimum absolute atomic E-state index is 0.135. The van der Waals surface area contributed by atoms with Crippen LogP contribution in [-0.4, -0.2) is 36.5 Å². The third kappa shape index (κ3) is 4.98. The molecule has 0 aromatic heterocycles. The molecule has 0 aromatic carbocycles. The zero-order valence-corrected chi connectivity index (χ0v) is 15.7. The summed E-state index contributed by atoms with van der Waals surface area (Å²) >= 11 is 0. The normalized spacial score (nSPS) is 22.9. The number of ether oxygens (including phenoxy) is 1. The average molecular weight is 328 g/mol. The number of allylic oxidation sites excluding steroid dienone is 3. The van der Waals surface area contributed by atoms with Crippen molar-refractivity contribution >= 4 is 5.84 Å². The summed E-state index contributed by atoms with van der Waals surface area (Å²) in [6.07, 6.45) is 13.3. The van der Waals surface area contributed by atoms with E-state index in [-0.39, 0.29) is 12.1 Å². The Kier molecular flexibility index (Phi) is 7.59. The van der Waals surface area contributed by atoms with Gasteiger partial charge in [0.05, 0.1) is 12.6 Å². The zero-order chi connectivity index (χ0) is 17.4. The summed E-state index contributed by atoms with van der Waals surface area (Å²) in [6.45, 7) is 7.31. The Morgan fingerprint density at radius 1 is 1.38 bits per heavy atom. The number of hydrogen-bond acceptors (Lipinski definition) is 2. The topological polar surface area (TPSA) is 24.8 Å². The van der Waals surface area contributed by atoms with Gasteiger partial charge in [0.15, 0.2) is 0 Å². The minimum atomic E-state index is 0.135. The molecule has 1 saturated heterocycles. The largest absolute Gasteiger partial charge is 0.382 e. The van der Waals surface area contributed by atoms with Gasteiger partial charge in [0, 0.05) is 25.6 Å². The Morgan fingerprint density at radius 3 is 2.92 bits per heavy atom. The summed E-state index contributed by atoms with van der Waals surface area (Å²) in [5.41, 5.74) is 1.36. The van der Waals surface area contributed by atoms with Crippen LogP contribution in [0.25, 0.3) is 0 Å². The smallest absolute Gasteiger partial charge is 0.115 e. The van der Waals surface area contributed by atoms with Crippen LogP contribution in [0, 0.1) is 17.8 Å². The van der Waals surface area contributed by atoms with Crippen molar-refractivity contribution < 1.29 is 4.74 Å². The highest BCUT2D eigenvalue weighted by Crippen LogP contribution is 2.29. The van der Waals surface area contributed by atoms with E-state index >= 15 is 0 Å². The van der Waals surface area contributed by atoms with Gasteiger partial charge in [0.1, 0.15) is 11.9 Å². The molecule has 1 fully saturated rings. The van der Waals surface area contributed by atoms with Crippen molar-refractivity contribution in [3.8, 4) is 11.8 Å². The van der Waals surface area contributed by atoms with E-state index in [4.69, 9.17) is 9.73 Å². The van der Waals surface area contributed by atoms with Crippen LogP contribution in [0.1, 0.15) is 59.3 Å². The minimum Gasteiger partial charge on any atom is -0.382 e. The highest BCUT2D eigenvalue weighted by atomic mass is 16.5. The number of hydrogen-bond donors (Lipinski definition) is 0. The van der Waals surface area contributed by atoms with Gasteiger partial charge in [-0.15, -0.1) is 5.92 Å². The SMILES string of the molecule is CCCCC#C[C@@H]1C=CC=C2CCCC(=N[C@H](COC)C(C)C)N21. The molecule has 0 unspecified atom stereocenters. The van der Waals surface area contributed by atoms with Gasteiger partial charge in [0.25, 0.3) is 0 Å². The van der Waals surface area contributed by atoms with Crippen LogP contribution in [0.2, 0.25) is 0 Å². The van der Waals surface area contributed by atoms with Crippen LogP contribution >= 0.6 is 0 Å². The Bertz CT molecular complexity index is 548. The second kappa shape index (κ2) is 9.69. The van der Waals surface area contributed by atoms with Gasteiger partial charge in [-0.3, -0.25) is 4.99 Å². The lowest BCUT2D eigenvalue weighted by Gasteiger charge is -2.38. The number of nitrogens with zero attached hydrogens (tertiary/aromatic N) is 2. The van der Waals surface area contributed by atoms with Crippen LogP contribution in [0.4, 0.5) is 0 Å². The molecule has 0 aromatic rings. The zero-order valence-electron chi connectivity index (χ0n) is 15.7. The molecule has 2 rings (SSSR count). The van der Waals surface area contributed by atoms with E-state index in [9.17, 15) is 0 Å². The highest BCUT2D eigenvalue weighted by Gasteiger charge is 2.28. The summed E-state index contributed by atoms with van der Waals surface area (Å²) in [5.74, 6) is 8.47. The maximum atomic E-state index is 5.38. The van der Waals surface area contributed by atoms with Crippen molar-refractivity contribution in [3.63, 3.8) is 0 Å². The fourth-order valence-corrected chi connectivity index (χ4v) is 3.12. The van der Waals surface area contributed by atoms with Crippen LogP contribution < -0.4 is 0 Å². The first-order valence-corrected chi connectivity index (χ1v) is 9.38. The fraction of sp³-hybridized carbons (Fsp3) is 0.667. The highest BCUT2D eigenvalue weighted by molar-refractivity contribution is 5.86. The molecular formula is C21H32N2O. The lowest BCUT2D eigenvalue weighted by molar-refractivity contribution is 0.164. The van der Waals surface area contributed by atoms with Crippen LogP contribution in [0.5, 0.6) is 0 Å². The van der Waals surface area contributed by atoms with Gasteiger partial charge in [-0.25, -0.2) is 0 Å². The molecular weight excluding hydrogens is 296 g/mol. The molecule has 0 saturated carbocycles.